The molecule has 0 aliphatic carbocycles. The number of aryl methyl sites for hydroxylation is 1. The predicted octanol–water partition coefficient (Wildman–Crippen LogP) is 2.43. The van der Waals surface area contributed by atoms with Crippen LogP contribution < -0.4 is 5.32 Å². The topological polar surface area (TPSA) is 29.9 Å². The zero-order chi connectivity index (χ0) is 11.3. The van der Waals surface area contributed by atoms with E-state index in [1.807, 2.05) is 19.6 Å². The minimum Gasteiger partial charge on any atom is -0.336 e. The molecule has 84 valence electrons. The third kappa shape index (κ3) is 3.51. The van der Waals surface area contributed by atoms with E-state index in [2.05, 4.69) is 35.3 Å². The number of imidazole rings is 1. The summed E-state index contributed by atoms with van der Waals surface area (Å²) < 4.78 is 2.07. The zero-order valence-corrected chi connectivity index (χ0v) is 9.95. The average molecular weight is 207 g/mol. The monoisotopic (exact) mass is 207 g/mol. The predicted molar refractivity (Wildman–Crippen MR) is 63.7 cm³/mol. The first-order valence-electron chi connectivity index (χ1n) is 5.49. The largest absolute Gasteiger partial charge is 0.336 e. The van der Waals surface area contributed by atoms with Crippen molar-refractivity contribution in [1.29, 1.82) is 0 Å². The normalized spacial score (nSPS) is 12.7. The summed E-state index contributed by atoms with van der Waals surface area (Å²) in [6.45, 7) is 9.24. The lowest BCUT2D eigenvalue weighted by atomic mass is 10.1. The highest BCUT2D eigenvalue weighted by molar-refractivity contribution is 5.09. The number of hydrogen-bond acceptors (Lipinski definition) is 2. The zero-order valence-electron chi connectivity index (χ0n) is 9.95. The molecule has 1 unspecified atom stereocenters. The van der Waals surface area contributed by atoms with Crippen LogP contribution >= 0.6 is 0 Å². The molecule has 1 atom stereocenters. The molecule has 0 aromatic carbocycles. The molecular formula is C12H21N3. The summed E-state index contributed by atoms with van der Waals surface area (Å²) in [4.78, 5) is 4.15. The molecule has 1 rings (SSSR count). The second-order valence-electron chi connectivity index (χ2n) is 4.10. The molecule has 1 aromatic heterocycles. The number of nitrogens with one attached hydrogen (secondary N) is 1. The van der Waals surface area contributed by atoms with Gasteiger partial charge >= 0.3 is 0 Å². The molecule has 0 aliphatic rings. The van der Waals surface area contributed by atoms with E-state index in [0.717, 1.165) is 19.4 Å². The van der Waals surface area contributed by atoms with Crippen molar-refractivity contribution in [2.45, 2.75) is 32.7 Å². The molecule has 0 amide bonds. The van der Waals surface area contributed by atoms with Crippen molar-refractivity contribution in [2.24, 2.45) is 7.05 Å². The van der Waals surface area contributed by atoms with E-state index in [0.29, 0.717) is 6.04 Å². The molecule has 0 fully saturated rings. The van der Waals surface area contributed by atoms with Gasteiger partial charge in [0.1, 0.15) is 0 Å². The first kappa shape index (κ1) is 12.0. The smallest absolute Gasteiger partial charge is 0.0946 e. The Bertz CT molecular complexity index is 314. The molecule has 0 radical (unpaired) electrons. The maximum atomic E-state index is 4.15. The molecule has 1 N–H and O–H groups in total. The second-order valence-corrected chi connectivity index (χ2v) is 4.10. The van der Waals surface area contributed by atoms with Crippen LogP contribution in [0.25, 0.3) is 0 Å². The Morgan fingerprint density at radius 2 is 2.40 bits per heavy atom. The van der Waals surface area contributed by atoms with E-state index in [9.17, 15) is 0 Å². The molecule has 1 aromatic rings. The SMILES string of the molecule is C=C(C)CC(NCCC)c1cncn1C. The Morgan fingerprint density at radius 1 is 1.67 bits per heavy atom. The van der Waals surface area contributed by atoms with Crippen molar-refractivity contribution >= 4 is 0 Å². The van der Waals surface area contributed by atoms with Crippen LogP contribution in [0.2, 0.25) is 0 Å². The highest BCUT2D eigenvalue weighted by Crippen LogP contribution is 2.19. The van der Waals surface area contributed by atoms with Gasteiger partial charge in [-0.25, -0.2) is 4.98 Å². The minimum atomic E-state index is 0.343. The van der Waals surface area contributed by atoms with Crippen LogP contribution in [0.15, 0.2) is 24.7 Å². The number of nitrogens with zero attached hydrogens (tertiary/aromatic N) is 2. The van der Waals surface area contributed by atoms with Gasteiger partial charge in [-0.2, -0.15) is 0 Å². The van der Waals surface area contributed by atoms with Gasteiger partial charge in [-0.05, 0) is 26.3 Å². The van der Waals surface area contributed by atoms with Gasteiger partial charge < -0.3 is 9.88 Å². The molecule has 15 heavy (non-hydrogen) atoms. The van der Waals surface area contributed by atoms with Gasteiger partial charge in [0, 0.05) is 13.2 Å². The lowest BCUT2D eigenvalue weighted by Crippen LogP contribution is -2.24. The maximum absolute atomic E-state index is 4.15. The van der Waals surface area contributed by atoms with E-state index in [-0.39, 0.29) is 0 Å². The van der Waals surface area contributed by atoms with Crippen LogP contribution in [-0.4, -0.2) is 16.1 Å². The van der Waals surface area contributed by atoms with E-state index in [1.165, 1.54) is 11.3 Å². The van der Waals surface area contributed by atoms with Crippen LogP contribution in [0, 0.1) is 0 Å². The molecule has 0 bridgehead atoms. The Hall–Kier alpha value is -1.09. The molecule has 0 aliphatic heterocycles. The maximum Gasteiger partial charge on any atom is 0.0946 e. The first-order chi connectivity index (χ1) is 7.15. The van der Waals surface area contributed by atoms with Crippen molar-refractivity contribution in [2.75, 3.05) is 6.54 Å². The first-order valence-corrected chi connectivity index (χ1v) is 5.49. The van der Waals surface area contributed by atoms with Gasteiger partial charge in [-0.1, -0.05) is 12.5 Å². The fourth-order valence-electron chi connectivity index (χ4n) is 1.65. The van der Waals surface area contributed by atoms with Gasteiger partial charge in [0.2, 0.25) is 0 Å². The molecule has 0 saturated carbocycles. The standard InChI is InChI=1S/C12H21N3/c1-5-6-14-11(7-10(2)3)12-8-13-9-15(12)4/h8-9,11,14H,2,5-7H2,1,3-4H3. The molecular weight excluding hydrogens is 186 g/mol. The van der Waals surface area contributed by atoms with Gasteiger partial charge in [0.15, 0.2) is 0 Å². The Balaban J connectivity index is 2.71. The summed E-state index contributed by atoms with van der Waals surface area (Å²) in [5.41, 5.74) is 2.43. The van der Waals surface area contributed by atoms with Crippen molar-refractivity contribution in [3.63, 3.8) is 0 Å². The summed E-state index contributed by atoms with van der Waals surface area (Å²) in [6, 6.07) is 0.343. The quantitative estimate of drug-likeness (QED) is 0.726. The Kier molecular flexibility index (Phi) is 4.56. The Labute approximate surface area is 92.2 Å². The highest BCUT2D eigenvalue weighted by Gasteiger charge is 2.13. The fourth-order valence-corrected chi connectivity index (χ4v) is 1.65. The third-order valence-electron chi connectivity index (χ3n) is 2.40. The van der Waals surface area contributed by atoms with Gasteiger partial charge in [-0.15, -0.1) is 6.58 Å². The van der Waals surface area contributed by atoms with Crippen molar-refractivity contribution < 1.29 is 0 Å². The second kappa shape index (κ2) is 5.71. The lowest BCUT2D eigenvalue weighted by molar-refractivity contribution is 0.503. The van der Waals surface area contributed by atoms with Crippen LogP contribution in [0.5, 0.6) is 0 Å². The molecule has 0 spiro atoms. The van der Waals surface area contributed by atoms with Crippen molar-refractivity contribution in [3.8, 4) is 0 Å². The van der Waals surface area contributed by atoms with Crippen LogP contribution in [0.4, 0.5) is 0 Å². The summed E-state index contributed by atoms with van der Waals surface area (Å²) >= 11 is 0. The summed E-state index contributed by atoms with van der Waals surface area (Å²) in [6.07, 6.45) is 5.88. The van der Waals surface area contributed by atoms with E-state index in [1.54, 1.807) is 0 Å². The fraction of sp³-hybridized carbons (Fsp3) is 0.583. The van der Waals surface area contributed by atoms with Gasteiger partial charge in [-0.3, -0.25) is 0 Å². The lowest BCUT2D eigenvalue weighted by Gasteiger charge is -2.18. The van der Waals surface area contributed by atoms with Crippen LogP contribution in [0.3, 0.4) is 0 Å². The Morgan fingerprint density at radius 3 is 2.87 bits per heavy atom. The number of rotatable bonds is 6. The minimum absolute atomic E-state index is 0.343. The van der Waals surface area contributed by atoms with E-state index >= 15 is 0 Å². The third-order valence-corrected chi connectivity index (χ3v) is 2.40. The number of aromatic nitrogens is 2. The van der Waals surface area contributed by atoms with Crippen molar-refractivity contribution in [3.05, 3.63) is 30.4 Å². The molecule has 0 saturated heterocycles. The van der Waals surface area contributed by atoms with Crippen LogP contribution in [-0.2, 0) is 7.05 Å². The molecule has 1 heterocycles. The highest BCUT2D eigenvalue weighted by atomic mass is 15.1. The van der Waals surface area contributed by atoms with E-state index < -0.39 is 0 Å². The molecule has 3 nitrogen and oxygen atoms in total. The van der Waals surface area contributed by atoms with Crippen LogP contribution in [0.1, 0.15) is 38.4 Å². The van der Waals surface area contributed by atoms with Gasteiger partial charge in [0.05, 0.1) is 18.1 Å². The summed E-state index contributed by atoms with van der Waals surface area (Å²) in [5, 5.41) is 3.52. The van der Waals surface area contributed by atoms with Crippen molar-refractivity contribution in [1.82, 2.24) is 14.9 Å². The van der Waals surface area contributed by atoms with Gasteiger partial charge in [0.25, 0.3) is 0 Å². The average Bonchev–Trinajstić information content (AvgIpc) is 2.58. The summed E-state index contributed by atoms with van der Waals surface area (Å²) in [7, 11) is 2.03. The summed E-state index contributed by atoms with van der Waals surface area (Å²) in [5.74, 6) is 0. The number of hydrogen-bond donors (Lipinski definition) is 1. The molecule has 3 heteroatoms. The van der Waals surface area contributed by atoms with E-state index in [4.69, 9.17) is 0 Å².